The molecule has 0 bridgehead atoms. The molecule has 6 nitrogen and oxygen atoms in total. The molecule has 0 aliphatic rings. The molecule has 128 valence electrons. The Morgan fingerprint density at radius 3 is 2.72 bits per heavy atom. The minimum atomic E-state index is -0.662. The zero-order valence-corrected chi connectivity index (χ0v) is 13.7. The van der Waals surface area contributed by atoms with Crippen LogP contribution in [0.1, 0.15) is 10.4 Å². The number of amides is 1. The molecular weight excluding hydrogens is 322 g/mol. The summed E-state index contributed by atoms with van der Waals surface area (Å²) in [4.78, 5) is 24.1. The van der Waals surface area contributed by atoms with Crippen LogP contribution in [0.3, 0.4) is 0 Å². The van der Waals surface area contributed by atoms with Gasteiger partial charge in [-0.15, -0.1) is 0 Å². The Morgan fingerprint density at radius 1 is 1.08 bits per heavy atom. The van der Waals surface area contributed by atoms with Gasteiger partial charge in [0, 0.05) is 11.5 Å². The van der Waals surface area contributed by atoms with Crippen molar-refractivity contribution in [3.63, 3.8) is 0 Å². The third kappa shape index (κ3) is 3.98. The number of rotatable bonds is 6. The third-order valence-corrected chi connectivity index (χ3v) is 3.58. The van der Waals surface area contributed by atoms with Crippen LogP contribution in [0, 0.1) is 0 Å². The van der Waals surface area contributed by atoms with Gasteiger partial charge >= 0.3 is 5.63 Å². The van der Waals surface area contributed by atoms with Crippen LogP contribution in [0.15, 0.2) is 63.8 Å². The fraction of sp³-hybridized carbons (Fsp3) is 0.158. The number of para-hydroxylation sites is 1. The number of hydrogen-bond acceptors (Lipinski definition) is 5. The number of ether oxygens (including phenoxy) is 2. The van der Waals surface area contributed by atoms with E-state index in [1.54, 1.807) is 37.4 Å². The highest BCUT2D eigenvalue weighted by atomic mass is 16.5. The summed E-state index contributed by atoms with van der Waals surface area (Å²) in [6.45, 7) is 0.514. The fourth-order valence-electron chi connectivity index (χ4n) is 2.34. The highest BCUT2D eigenvalue weighted by Crippen LogP contribution is 2.18. The van der Waals surface area contributed by atoms with Crippen molar-refractivity contribution < 1.29 is 18.7 Å². The monoisotopic (exact) mass is 339 g/mol. The van der Waals surface area contributed by atoms with Crippen LogP contribution in [0.2, 0.25) is 0 Å². The molecule has 1 N–H and O–H groups in total. The molecule has 6 heteroatoms. The summed E-state index contributed by atoms with van der Waals surface area (Å²) in [5.74, 6) is 0.836. The zero-order chi connectivity index (χ0) is 17.6. The Labute approximate surface area is 144 Å². The SMILES string of the molecule is COc1cccc(OCCNC(=O)c2cc3ccccc3oc2=O)c1. The highest BCUT2D eigenvalue weighted by Gasteiger charge is 2.13. The average molecular weight is 339 g/mol. The molecule has 0 radical (unpaired) electrons. The topological polar surface area (TPSA) is 77.8 Å². The lowest BCUT2D eigenvalue weighted by atomic mass is 10.2. The first-order valence-corrected chi connectivity index (χ1v) is 7.75. The van der Waals surface area contributed by atoms with E-state index < -0.39 is 11.5 Å². The van der Waals surface area contributed by atoms with E-state index in [1.165, 1.54) is 6.07 Å². The second-order valence-electron chi connectivity index (χ2n) is 5.27. The molecule has 0 spiro atoms. The van der Waals surface area contributed by atoms with Gasteiger partial charge in [-0.3, -0.25) is 4.79 Å². The number of nitrogens with one attached hydrogen (secondary N) is 1. The van der Waals surface area contributed by atoms with E-state index in [4.69, 9.17) is 13.9 Å². The van der Waals surface area contributed by atoms with E-state index in [0.29, 0.717) is 22.5 Å². The first kappa shape index (κ1) is 16.6. The Kier molecular flexibility index (Phi) is 4.99. The van der Waals surface area contributed by atoms with E-state index in [2.05, 4.69) is 5.32 Å². The predicted octanol–water partition coefficient (Wildman–Crippen LogP) is 2.61. The first-order chi connectivity index (χ1) is 12.2. The fourth-order valence-corrected chi connectivity index (χ4v) is 2.34. The Morgan fingerprint density at radius 2 is 1.88 bits per heavy atom. The summed E-state index contributed by atoms with van der Waals surface area (Å²) in [5, 5.41) is 3.34. The van der Waals surface area contributed by atoms with Crippen molar-refractivity contribution in [1.82, 2.24) is 5.32 Å². The largest absolute Gasteiger partial charge is 0.497 e. The molecule has 3 aromatic rings. The van der Waals surface area contributed by atoms with Gasteiger partial charge in [0.1, 0.15) is 29.3 Å². The van der Waals surface area contributed by atoms with Crippen LogP contribution in [-0.2, 0) is 0 Å². The normalized spacial score (nSPS) is 10.4. The minimum Gasteiger partial charge on any atom is -0.497 e. The van der Waals surface area contributed by atoms with Crippen LogP contribution in [0.4, 0.5) is 0 Å². The van der Waals surface area contributed by atoms with Crippen molar-refractivity contribution in [1.29, 1.82) is 0 Å². The molecule has 25 heavy (non-hydrogen) atoms. The van der Waals surface area contributed by atoms with Gasteiger partial charge in [-0.05, 0) is 24.3 Å². The molecule has 0 aliphatic carbocycles. The van der Waals surface area contributed by atoms with Crippen molar-refractivity contribution >= 4 is 16.9 Å². The highest BCUT2D eigenvalue weighted by molar-refractivity contribution is 5.96. The standard InChI is InChI=1S/C19H17NO5/c1-23-14-6-4-7-15(12-14)24-10-9-20-18(21)16-11-13-5-2-3-8-17(13)25-19(16)22/h2-8,11-12H,9-10H2,1H3,(H,20,21). The second kappa shape index (κ2) is 7.53. The van der Waals surface area contributed by atoms with E-state index in [9.17, 15) is 9.59 Å². The molecule has 2 aromatic carbocycles. The molecule has 0 saturated carbocycles. The lowest BCUT2D eigenvalue weighted by molar-refractivity contribution is 0.0943. The lowest BCUT2D eigenvalue weighted by Gasteiger charge is -2.08. The predicted molar refractivity (Wildman–Crippen MR) is 93.3 cm³/mol. The van der Waals surface area contributed by atoms with E-state index in [-0.39, 0.29) is 18.7 Å². The van der Waals surface area contributed by atoms with E-state index in [0.717, 1.165) is 0 Å². The van der Waals surface area contributed by atoms with Crippen LogP contribution < -0.4 is 20.4 Å². The number of fused-ring (bicyclic) bond motifs is 1. The Hall–Kier alpha value is -3.28. The summed E-state index contributed by atoms with van der Waals surface area (Å²) >= 11 is 0. The van der Waals surface area contributed by atoms with Gasteiger partial charge < -0.3 is 19.2 Å². The van der Waals surface area contributed by atoms with Gasteiger partial charge in [-0.2, -0.15) is 0 Å². The molecule has 3 rings (SSSR count). The molecule has 1 heterocycles. The van der Waals surface area contributed by atoms with Crippen molar-refractivity contribution in [3.8, 4) is 11.5 Å². The maximum Gasteiger partial charge on any atom is 0.349 e. The number of carbonyl (C=O) groups excluding carboxylic acids is 1. The molecule has 0 atom stereocenters. The quantitative estimate of drug-likeness (QED) is 0.552. The zero-order valence-electron chi connectivity index (χ0n) is 13.7. The van der Waals surface area contributed by atoms with Crippen molar-refractivity contribution in [2.45, 2.75) is 0 Å². The van der Waals surface area contributed by atoms with Gasteiger partial charge in [0.05, 0.1) is 13.7 Å². The van der Waals surface area contributed by atoms with E-state index in [1.807, 2.05) is 18.2 Å². The first-order valence-electron chi connectivity index (χ1n) is 7.75. The van der Waals surface area contributed by atoms with Gasteiger partial charge in [-0.25, -0.2) is 4.79 Å². The molecule has 1 amide bonds. The smallest absolute Gasteiger partial charge is 0.349 e. The van der Waals surface area contributed by atoms with Crippen molar-refractivity contribution in [3.05, 3.63) is 70.6 Å². The van der Waals surface area contributed by atoms with E-state index >= 15 is 0 Å². The molecule has 1 aromatic heterocycles. The minimum absolute atomic E-state index is 0.0277. The van der Waals surface area contributed by atoms with Crippen LogP contribution in [-0.4, -0.2) is 26.2 Å². The number of hydrogen-bond donors (Lipinski definition) is 1. The Bertz CT molecular complexity index is 948. The number of methoxy groups -OCH3 is 1. The maximum atomic E-state index is 12.2. The summed E-state index contributed by atoms with van der Waals surface area (Å²) in [7, 11) is 1.58. The van der Waals surface area contributed by atoms with Gasteiger partial charge in [0.15, 0.2) is 0 Å². The average Bonchev–Trinajstić information content (AvgIpc) is 2.64. The van der Waals surface area contributed by atoms with Gasteiger partial charge in [0.25, 0.3) is 5.91 Å². The number of benzene rings is 2. The van der Waals surface area contributed by atoms with Crippen molar-refractivity contribution in [2.24, 2.45) is 0 Å². The van der Waals surface area contributed by atoms with Gasteiger partial charge in [0.2, 0.25) is 0 Å². The maximum absolute atomic E-state index is 12.2. The Balaban J connectivity index is 1.59. The van der Waals surface area contributed by atoms with Crippen LogP contribution in [0.5, 0.6) is 11.5 Å². The van der Waals surface area contributed by atoms with Crippen LogP contribution >= 0.6 is 0 Å². The summed E-state index contributed by atoms with van der Waals surface area (Å²) in [6, 6.07) is 15.7. The molecular formula is C19H17NO5. The van der Waals surface area contributed by atoms with Crippen molar-refractivity contribution in [2.75, 3.05) is 20.3 Å². The summed E-state index contributed by atoms with van der Waals surface area (Å²) in [6.07, 6.45) is 0. The molecule has 0 aliphatic heterocycles. The van der Waals surface area contributed by atoms with Gasteiger partial charge in [-0.1, -0.05) is 24.3 Å². The second-order valence-corrected chi connectivity index (χ2v) is 5.27. The third-order valence-electron chi connectivity index (χ3n) is 3.58. The van der Waals surface area contributed by atoms with Crippen LogP contribution in [0.25, 0.3) is 11.0 Å². The summed E-state index contributed by atoms with van der Waals surface area (Å²) in [5.41, 5.74) is -0.240. The lowest BCUT2D eigenvalue weighted by Crippen LogP contribution is -2.31. The summed E-state index contributed by atoms with van der Waals surface area (Å²) < 4.78 is 15.8. The molecule has 0 unspecified atom stereocenters. The number of carbonyl (C=O) groups is 1. The molecule has 0 fully saturated rings. The molecule has 0 saturated heterocycles.